The van der Waals surface area contributed by atoms with E-state index in [0.717, 1.165) is 0 Å². The van der Waals surface area contributed by atoms with Crippen molar-refractivity contribution in [1.29, 1.82) is 0 Å². The minimum Gasteiger partial charge on any atom is -0.480 e. The third kappa shape index (κ3) is 1.98. The predicted octanol–water partition coefficient (Wildman–Crippen LogP) is 0.462. The molecule has 0 atom stereocenters. The van der Waals surface area contributed by atoms with Gasteiger partial charge in [-0.2, -0.15) is 0 Å². The van der Waals surface area contributed by atoms with Crippen LogP contribution in [0.5, 0.6) is 5.88 Å². The molecule has 0 amide bonds. The van der Waals surface area contributed by atoms with Gasteiger partial charge in [0.1, 0.15) is 5.69 Å². The maximum Gasteiger partial charge on any atom is 0.232 e. The number of aromatic nitrogens is 2. The van der Waals surface area contributed by atoms with Gasteiger partial charge < -0.3 is 18.9 Å². The molecule has 2 heterocycles. The number of nitrogens with zero attached hydrogens (tertiary/aromatic N) is 2. The summed E-state index contributed by atoms with van der Waals surface area (Å²) < 4.78 is 20.1. The van der Waals surface area contributed by atoms with Gasteiger partial charge in [-0.1, -0.05) is 0 Å². The summed E-state index contributed by atoms with van der Waals surface area (Å²) in [7, 11) is 1.53. The van der Waals surface area contributed by atoms with E-state index in [1.807, 2.05) is 0 Å². The maximum atomic E-state index is 5.16. The fraction of sp³-hybridized carbons (Fsp3) is 0.500. The van der Waals surface area contributed by atoms with Crippen LogP contribution in [-0.4, -0.2) is 30.7 Å². The second kappa shape index (κ2) is 4.32. The van der Waals surface area contributed by atoms with Gasteiger partial charge in [0.2, 0.25) is 12.2 Å². The smallest absolute Gasteiger partial charge is 0.232 e. The third-order valence-electron chi connectivity index (χ3n) is 1.69. The van der Waals surface area contributed by atoms with E-state index < -0.39 is 6.29 Å². The molecule has 0 aromatic carbocycles. The van der Waals surface area contributed by atoms with Crippen molar-refractivity contribution in [3.05, 3.63) is 18.1 Å². The zero-order chi connectivity index (χ0) is 9.80. The quantitative estimate of drug-likeness (QED) is 0.688. The molecule has 6 heteroatoms. The van der Waals surface area contributed by atoms with Crippen LogP contribution in [0.3, 0.4) is 0 Å². The Bertz CT molecular complexity index is 301. The first-order chi connectivity index (χ1) is 6.90. The standard InChI is InChI=1S/C8H10N2O4/c1-11-7-3-9-2-6(10-7)8-13-4-12-5-14-8/h2-3,8H,4-5H2,1H3. The van der Waals surface area contributed by atoms with Gasteiger partial charge in [-0.25, -0.2) is 4.98 Å². The van der Waals surface area contributed by atoms with Gasteiger partial charge in [-0.05, 0) is 0 Å². The highest BCUT2D eigenvalue weighted by molar-refractivity contribution is 5.09. The van der Waals surface area contributed by atoms with Crippen molar-refractivity contribution in [2.75, 3.05) is 20.7 Å². The molecule has 2 rings (SSSR count). The van der Waals surface area contributed by atoms with Crippen LogP contribution >= 0.6 is 0 Å². The van der Waals surface area contributed by atoms with E-state index in [4.69, 9.17) is 18.9 Å². The van der Waals surface area contributed by atoms with Crippen LogP contribution in [-0.2, 0) is 14.2 Å². The predicted molar refractivity (Wildman–Crippen MR) is 44.3 cm³/mol. The number of hydrogen-bond donors (Lipinski definition) is 0. The van der Waals surface area contributed by atoms with Gasteiger partial charge in [-0.3, -0.25) is 4.98 Å². The summed E-state index contributed by atoms with van der Waals surface area (Å²) in [6, 6.07) is 0. The molecule has 76 valence electrons. The van der Waals surface area contributed by atoms with Crippen molar-refractivity contribution in [2.45, 2.75) is 6.29 Å². The van der Waals surface area contributed by atoms with Gasteiger partial charge in [0.25, 0.3) is 0 Å². The van der Waals surface area contributed by atoms with E-state index in [2.05, 4.69) is 9.97 Å². The second-order valence-corrected chi connectivity index (χ2v) is 2.59. The molecule has 0 unspecified atom stereocenters. The summed E-state index contributed by atoms with van der Waals surface area (Å²) in [5, 5.41) is 0. The number of ether oxygens (including phenoxy) is 4. The lowest BCUT2D eigenvalue weighted by molar-refractivity contribution is -0.304. The van der Waals surface area contributed by atoms with E-state index in [1.54, 1.807) is 6.20 Å². The fourth-order valence-electron chi connectivity index (χ4n) is 1.05. The largest absolute Gasteiger partial charge is 0.480 e. The molecule has 1 aromatic rings. The molecule has 1 aliphatic heterocycles. The minimum atomic E-state index is -0.522. The zero-order valence-electron chi connectivity index (χ0n) is 7.67. The third-order valence-corrected chi connectivity index (χ3v) is 1.69. The average Bonchev–Trinajstić information content (AvgIpc) is 2.30. The average molecular weight is 198 g/mol. The second-order valence-electron chi connectivity index (χ2n) is 2.59. The molecule has 0 spiro atoms. The van der Waals surface area contributed by atoms with Gasteiger partial charge in [-0.15, -0.1) is 0 Å². The van der Waals surface area contributed by atoms with Crippen molar-refractivity contribution in [1.82, 2.24) is 9.97 Å². The summed E-state index contributed by atoms with van der Waals surface area (Å²) in [6.07, 6.45) is 2.56. The Labute approximate surface area is 80.8 Å². The van der Waals surface area contributed by atoms with Crippen LogP contribution in [0.2, 0.25) is 0 Å². The van der Waals surface area contributed by atoms with Crippen LogP contribution < -0.4 is 4.74 Å². The van der Waals surface area contributed by atoms with Crippen LogP contribution in [0.1, 0.15) is 12.0 Å². The Morgan fingerprint density at radius 1 is 1.36 bits per heavy atom. The Morgan fingerprint density at radius 3 is 2.86 bits per heavy atom. The van der Waals surface area contributed by atoms with Crippen LogP contribution in [0, 0.1) is 0 Å². The first-order valence-electron chi connectivity index (χ1n) is 4.07. The van der Waals surface area contributed by atoms with E-state index in [9.17, 15) is 0 Å². The molecule has 0 N–H and O–H groups in total. The monoisotopic (exact) mass is 198 g/mol. The van der Waals surface area contributed by atoms with Crippen molar-refractivity contribution < 1.29 is 18.9 Å². The molecule has 0 saturated carbocycles. The lowest BCUT2D eigenvalue weighted by Gasteiger charge is -2.22. The molecule has 6 nitrogen and oxygen atoms in total. The van der Waals surface area contributed by atoms with Crippen molar-refractivity contribution in [3.8, 4) is 5.88 Å². The van der Waals surface area contributed by atoms with Crippen LogP contribution in [0.15, 0.2) is 12.4 Å². The summed E-state index contributed by atoms with van der Waals surface area (Å²) >= 11 is 0. The zero-order valence-corrected chi connectivity index (χ0v) is 7.67. The molecule has 0 radical (unpaired) electrons. The first-order valence-corrected chi connectivity index (χ1v) is 4.07. The summed E-state index contributed by atoms with van der Waals surface area (Å²) in [5.41, 5.74) is 0.577. The van der Waals surface area contributed by atoms with E-state index in [1.165, 1.54) is 13.3 Å². The van der Waals surface area contributed by atoms with Crippen molar-refractivity contribution in [2.24, 2.45) is 0 Å². The lowest BCUT2D eigenvalue weighted by atomic mass is 10.4. The SMILES string of the molecule is COc1cncc(C2OCOCO2)n1. The Hall–Kier alpha value is -1.24. The summed E-state index contributed by atoms with van der Waals surface area (Å²) in [5.74, 6) is 0.432. The molecule has 1 fully saturated rings. The maximum absolute atomic E-state index is 5.16. The highest BCUT2D eigenvalue weighted by atomic mass is 16.8. The molecule has 1 aliphatic rings. The van der Waals surface area contributed by atoms with E-state index >= 15 is 0 Å². The van der Waals surface area contributed by atoms with Crippen molar-refractivity contribution in [3.63, 3.8) is 0 Å². The number of rotatable bonds is 2. The van der Waals surface area contributed by atoms with E-state index in [-0.39, 0.29) is 13.6 Å². The Kier molecular flexibility index (Phi) is 2.87. The molecule has 0 bridgehead atoms. The van der Waals surface area contributed by atoms with E-state index in [0.29, 0.717) is 11.6 Å². The molecule has 14 heavy (non-hydrogen) atoms. The topological polar surface area (TPSA) is 62.7 Å². The van der Waals surface area contributed by atoms with Gasteiger partial charge in [0, 0.05) is 0 Å². The summed E-state index contributed by atoms with van der Waals surface area (Å²) in [6.45, 7) is 0.396. The molecule has 1 aromatic heterocycles. The lowest BCUT2D eigenvalue weighted by Crippen LogP contribution is -2.21. The number of hydrogen-bond acceptors (Lipinski definition) is 6. The Balaban J connectivity index is 2.13. The van der Waals surface area contributed by atoms with Crippen LogP contribution in [0.4, 0.5) is 0 Å². The highest BCUT2D eigenvalue weighted by Gasteiger charge is 2.19. The van der Waals surface area contributed by atoms with Crippen LogP contribution in [0.25, 0.3) is 0 Å². The highest BCUT2D eigenvalue weighted by Crippen LogP contribution is 2.20. The van der Waals surface area contributed by atoms with Crippen molar-refractivity contribution >= 4 is 0 Å². The number of methoxy groups -OCH3 is 1. The minimum absolute atomic E-state index is 0.198. The molecular weight excluding hydrogens is 188 g/mol. The van der Waals surface area contributed by atoms with Gasteiger partial charge in [0.15, 0.2) is 13.6 Å². The Morgan fingerprint density at radius 2 is 2.14 bits per heavy atom. The molecule has 1 saturated heterocycles. The summed E-state index contributed by atoms with van der Waals surface area (Å²) in [4.78, 5) is 8.07. The normalized spacial score (nSPS) is 18.1. The molecule has 0 aliphatic carbocycles. The first kappa shape index (κ1) is 9.32. The molecular formula is C8H10N2O4. The van der Waals surface area contributed by atoms with Gasteiger partial charge >= 0.3 is 0 Å². The fourth-order valence-corrected chi connectivity index (χ4v) is 1.05. The van der Waals surface area contributed by atoms with Gasteiger partial charge in [0.05, 0.1) is 19.5 Å².